The zero-order valence-electron chi connectivity index (χ0n) is 9.88. The van der Waals surface area contributed by atoms with Crippen LogP contribution in [0.2, 0.25) is 0 Å². The second kappa shape index (κ2) is 5.13. The van der Waals surface area contributed by atoms with E-state index in [4.69, 9.17) is 10.5 Å². The van der Waals surface area contributed by atoms with Gasteiger partial charge in [0.2, 0.25) is 0 Å². The Kier molecular flexibility index (Phi) is 4.39. The predicted octanol–water partition coefficient (Wildman–Crippen LogP) is 2.42. The molecule has 84 valence electrons. The van der Waals surface area contributed by atoms with Crippen LogP contribution < -0.4 is 5.73 Å². The van der Waals surface area contributed by atoms with Crippen LogP contribution >= 0.6 is 0 Å². The maximum absolute atomic E-state index is 5.83. The molecule has 1 rings (SSSR count). The lowest BCUT2D eigenvalue weighted by Crippen LogP contribution is -2.31. The van der Waals surface area contributed by atoms with Crippen molar-refractivity contribution in [3.8, 4) is 0 Å². The van der Waals surface area contributed by atoms with Gasteiger partial charge in [-0.25, -0.2) is 0 Å². The van der Waals surface area contributed by atoms with E-state index in [9.17, 15) is 0 Å². The van der Waals surface area contributed by atoms with Gasteiger partial charge in [-0.2, -0.15) is 0 Å². The first-order valence-corrected chi connectivity index (χ1v) is 5.86. The summed E-state index contributed by atoms with van der Waals surface area (Å²) in [6.45, 7) is 9.24. The molecule has 0 heterocycles. The van der Waals surface area contributed by atoms with Gasteiger partial charge in [0, 0.05) is 13.2 Å². The molecule has 0 aliphatic heterocycles. The Morgan fingerprint density at radius 2 is 2.07 bits per heavy atom. The van der Waals surface area contributed by atoms with Crippen LogP contribution in [0, 0.1) is 17.3 Å². The van der Waals surface area contributed by atoms with E-state index in [2.05, 4.69) is 20.8 Å². The lowest BCUT2D eigenvalue weighted by atomic mass is 9.82. The molecule has 1 unspecified atom stereocenters. The summed E-state index contributed by atoms with van der Waals surface area (Å²) in [5.74, 6) is 1.51. The Morgan fingerprint density at radius 3 is 2.50 bits per heavy atom. The van der Waals surface area contributed by atoms with Crippen molar-refractivity contribution in [3.05, 3.63) is 0 Å². The zero-order valence-corrected chi connectivity index (χ0v) is 9.88. The number of hydrogen-bond acceptors (Lipinski definition) is 2. The molecule has 0 amide bonds. The summed E-state index contributed by atoms with van der Waals surface area (Å²) in [4.78, 5) is 0. The molecule has 0 bridgehead atoms. The fraction of sp³-hybridized carbons (Fsp3) is 1.00. The quantitative estimate of drug-likeness (QED) is 0.639. The highest BCUT2D eigenvalue weighted by Crippen LogP contribution is 2.46. The molecule has 1 fully saturated rings. The lowest BCUT2D eigenvalue weighted by molar-refractivity contribution is 0.0764. The summed E-state index contributed by atoms with van der Waals surface area (Å²) in [5.41, 5.74) is 6.18. The van der Waals surface area contributed by atoms with E-state index >= 15 is 0 Å². The zero-order chi connectivity index (χ0) is 10.6. The summed E-state index contributed by atoms with van der Waals surface area (Å²) >= 11 is 0. The number of rotatable bonds is 7. The first kappa shape index (κ1) is 12.0. The largest absolute Gasteiger partial charge is 0.381 e. The van der Waals surface area contributed by atoms with Crippen molar-refractivity contribution in [2.24, 2.45) is 23.0 Å². The molecule has 0 radical (unpaired) electrons. The Bertz CT molecular complexity index is 166. The van der Waals surface area contributed by atoms with Gasteiger partial charge in [0.15, 0.2) is 0 Å². The van der Waals surface area contributed by atoms with Crippen molar-refractivity contribution in [3.63, 3.8) is 0 Å². The first-order valence-electron chi connectivity index (χ1n) is 5.86. The van der Waals surface area contributed by atoms with E-state index in [0.29, 0.717) is 11.3 Å². The van der Waals surface area contributed by atoms with Crippen LogP contribution in [0.25, 0.3) is 0 Å². The van der Waals surface area contributed by atoms with Crippen LogP contribution in [0.1, 0.15) is 40.0 Å². The van der Waals surface area contributed by atoms with Crippen molar-refractivity contribution in [1.82, 2.24) is 0 Å². The molecule has 1 atom stereocenters. The van der Waals surface area contributed by atoms with Crippen LogP contribution in [-0.4, -0.2) is 19.8 Å². The highest BCUT2D eigenvalue weighted by molar-refractivity contribution is 4.91. The summed E-state index contributed by atoms with van der Waals surface area (Å²) in [5, 5.41) is 0. The fourth-order valence-corrected chi connectivity index (χ4v) is 1.88. The molecule has 14 heavy (non-hydrogen) atoms. The standard InChI is InChI=1S/C12H25NO/c1-10(2)8-14-7-6-12(3,9-13)11-4-5-11/h10-11H,4-9,13H2,1-3H3. The normalized spacial score (nSPS) is 21.2. The molecule has 0 aromatic rings. The molecule has 0 spiro atoms. The first-order chi connectivity index (χ1) is 6.58. The Labute approximate surface area is 88.2 Å². The van der Waals surface area contributed by atoms with Crippen LogP contribution in [0.3, 0.4) is 0 Å². The third-order valence-corrected chi connectivity index (χ3v) is 3.30. The molecular weight excluding hydrogens is 174 g/mol. The molecule has 0 saturated heterocycles. The molecule has 1 saturated carbocycles. The van der Waals surface area contributed by atoms with E-state index in [1.165, 1.54) is 12.8 Å². The maximum Gasteiger partial charge on any atom is 0.0488 e. The Hall–Kier alpha value is -0.0800. The third-order valence-electron chi connectivity index (χ3n) is 3.30. The summed E-state index contributed by atoms with van der Waals surface area (Å²) in [6.07, 6.45) is 3.87. The van der Waals surface area contributed by atoms with Crippen LogP contribution in [0.15, 0.2) is 0 Å². The second-order valence-corrected chi connectivity index (χ2v) is 5.35. The molecule has 2 nitrogen and oxygen atoms in total. The minimum absolute atomic E-state index is 0.344. The van der Waals surface area contributed by atoms with Crippen molar-refractivity contribution in [2.75, 3.05) is 19.8 Å². The Morgan fingerprint density at radius 1 is 1.43 bits per heavy atom. The average molecular weight is 199 g/mol. The van der Waals surface area contributed by atoms with Crippen LogP contribution in [0.4, 0.5) is 0 Å². The van der Waals surface area contributed by atoms with E-state index in [0.717, 1.165) is 32.1 Å². The van der Waals surface area contributed by atoms with Gasteiger partial charge in [-0.15, -0.1) is 0 Å². The topological polar surface area (TPSA) is 35.2 Å². The van der Waals surface area contributed by atoms with E-state index < -0.39 is 0 Å². The van der Waals surface area contributed by atoms with E-state index in [1.807, 2.05) is 0 Å². The van der Waals surface area contributed by atoms with Gasteiger partial charge in [0.25, 0.3) is 0 Å². The van der Waals surface area contributed by atoms with Gasteiger partial charge < -0.3 is 10.5 Å². The van der Waals surface area contributed by atoms with Crippen molar-refractivity contribution >= 4 is 0 Å². The van der Waals surface area contributed by atoms with Crippen molar-refractivity contribution in [1.29, 1.82) is 0 Å². The third kappa shape index (κ3) is 3.58. The highest BCUT2D eigenvalue weighted by atomic mass is 16.5. The SMILES string of the molecule is CC(C)COCCC(C)(CN)C1CC1. The molecular formula is C12H25NO. The molecule has 0 aromatic heterocycles. The minimum Gasteiger partial charge on any atom is -0.381 e. The van der Waals surface area contributed by atoms with E-state index in [-0.39, 0.29) is 0 Å². The van der Waals surface area contributed by atoms with Crippen molar-refractivity contribution in [2.45, 2.75) is 40.0 Å². The predicted molar refractivity (Wildman–Crippen MR) is 60.2 cm³/mol. The van der Waals surface area contributed by atoms with E-state index in [1.54, 1.807) is 0 Å². The van der Waals surface area contributed by atoms with Gasteiger partial charge in [0.05, 0.1) is 0 Å². The number of ether oxygens (including phenoxy) is 1. The summed E-state index contributed by atoms with van der Waals surface area (Å²) < 4.78 is 5.61. The van der Waals surface area contributed by atoms with Crippen LogP contribution in [-0.2, 0) is 4.74 Å². The second-order valence-electron chi connectivity index (χ2n) is 5.35. The molecule has 0 aromatic carbocycles. The van der Waals surface area contributed by atoms with Gasteiger partial charge in [-0.1, -0.05) is 20.8 Å². The number of hydrogen-bond donors (Lipinski definition) is 1. The Balaban J connectivity index is 2.14. The molecule has 2 N–H and O–H groups in total. The fourth-order valence-electron chi connectivity index (χ4n) is 1.88. The summed E-state index contributed by atoms with van der Waals surface area (Å²) in [7, 11) is 0. The lowest BCUT2D eigenvalue weighted by Gasteiger charge is -2.27. The van der Waals surface area contributed by atoms with Gasteiger partial charge in [-0.3, -0.25) is 0 Å². The van der Waals surface area contributed by atoms with Gasteiger partial charge in [0.1, 0.15) is 0 Å². The van der Waals surface area contributed by atoms with Crippen molar-refractivity contribution < 1.29 is 4.74 Å². The smallest absolute Gasteiger partial charge is 0.0488 e. The summed E-state index contributed by atoms with van der Waals surface area (Å²) in [6, 6.07) is 0. The van der Waals surface area contributed by atoms with Gasteiger partial charge >= 0.3 is 0 Å². The molecule has 2 heteroatoms. The van der Waals surface area contributed by atoms with Crippen LogP contribution in [0.5, 0.6) is 0 Å². The molecule has 1 aliphatic carbocycles. The number of nitrogens with two attached hydrogens (primary N) is 1. The highest BCUT2D eigenvalue weighted by Gasteiger charge is 2.39. The minimum atomic E-state index is 0.344. The average Bonchev–Trinajstić information content (AvgIpc) is 2.95. The van der Waals surface area contributed by atoms with Gasteiger partial charge in [-0.05, 0) is 43.1 Å². The monoisotopic (exact) mass is 199 g/mol. The molecule has 1 aliphatic rings. The maximum atomic E-state index is 5.83.